The van der Waals surface area contributed by atoms with E-state index >= 15 is 0 Å². The average molecular weight is 659 g/mol. The minimum atomic E-state index is -2.90. The van der Waals surface area contributed by atoms with Gasteiger partial charge < -0.3 is 23.5 Å². The maximum atomic E-state index is 14.1. The molecule has 0 amide bonds. The van der Waals surface area contributed by atoms with Crippen LogP contribution in [0.1, 0.15) is 30.5 Å². The average Bonchev–Trinajstić information content (AvgIpc) is 3.05. The van der Waals surface area contributed by atoms with Gasteiger partial charge in [-0.1, -0.05) is 135 Å². The van der Waals surface area contributed by atoms with Gasteiger partial charge in [-0.05, 0) is 34.2 Å². The van der Waals surface area contributed by atoms with E-state index < -0.39 is 37.2 Å². The molecule has 0 aliphatic carbocycles. The van der Waals surface area contributed by atoms with Crippen molar-refractivity contribution >= 4 is 19.1 Å². The van der Waals surface area contributed by atoms with E-state index in [9.17, 15) is 4.57 Å². The first-order chi connectivity index (χ1) is 22.4. The normalized spacial score (nSPS) is 25.0. The van der Waals surface area contributed by atoms with Crippen molar-refractivity contribution < 1.29 is 28.0 Å². The summed E-state index contributed by atoms with van der Waals surface area (Å²) in [5.74, 6) is 0. The molecular weight excluding hydrogens is 615 g/mol. The molecule has 2 heterocycles. The number of benzene rings is 4. The van der Waals surface area contributed by atoms with Gasteiger partial charge in [-0.25, -0.2) is 0 Å². The first-order valence-corrected chi connectivity index (χ1v) is 18.8. The van der Waals surface area contributed by atoms with Gasteiger partial charge in [0.2, 0.25) is 7.37 Å². The Labute approximate surface area is 277 Å². The highest BCUT2D eigenvalue weighted by atomic mass is 32.2. The molecule has 2 fully saturated rings. The Kier molecular flexibility index (Phi) is 11.1. The van der Waals surface area contributed by atoms with Gasteiger partial charge in [0.25, 0.3) is 0 Å². The predicted molar refractivity (Wildman–Crippen MR) is 183 cm³/mol. The van der Waals surface area contributed by atoms with E-state index in [1.54, 1.807) is 11.8 Å². The Morgan fingerprint density at radius 2 is 1.15 bits per heavy atom. The lowest BCUT2D eigenvalue weighted by Gasteiger charge is -2.49. The lowest BCUT2D eigenvalue weighted by atomic mass is 9.99. The molecule has 0 radical (unpaired) electrons. The number of rotatable bonds is 14. The summed E-state index contributed by atoms with van der Waals surface area (Å²) >= 11 is 1.56. The van der Waals surface area contributed by atoms with Gasteiger partial charge in [0, 0.05) is 17.2 Å². The quantitative estimate of drug-likeness (QED) is 0.126. The molecule has 4 aromatic carbocycles. The van der Waals surface area contributed by atoms with Crippen molar-refractivity contribution in [1.29, 1.82) is 0 Å². The molecule has 0 N–H and O–H groups in total. The Bertz CT molecular complexity index is 1530. The molecule has 242 valence electrons. The van der Waals surface area contributed by atoms with Gasteiger partial charge in [0.1, 0.15) is 29.9 Å². The van der Waals surface area contributed by atoms with Gasteiger partial charge in [-0.2, -0.15) is 0 Å². The molecule has 0 saturated carbocycles. The molecule has 6 rings (SSSR count). The summed E-state index contributed by atoms with van der Waals surface area (Å²) in [6.45, 7) is 5.73. The van der Waals surface area contributed by atoms with E-state index in [1.165, 1.54) is 0 Å². The molecule has 0 aromatic heterocycles. The van der Waals surface area contributed by atoms with Crippen LogP contribution in [0, 0.1) is 5.41 Å². The zero-order valence-electron chi connectivity index (χ0n) is 26.5. The fraction of sp³-hybridized carbons (Fsp3) is 0.368. The molecule has 8 heteroatoms. The molecule has 0 spiro atoms. The fourth-order valence-corrected chi connectivity index (χ4v) is 10.7. The van der Waals surface area contributed by atoms with Gasteiger partial charge in [0.15, 0.2) is 0 Å². The van der Waals surface area contributed by atoms with Crippen LogP contribution in [-0.4, -0.2) is 48.8 Å². The molecule has 0 unspecified atom stereocenters. The molecule has 5 atom stereocenters. The van der Waals surface area contributed by atoms with Crippen LogP contribution >= 0.6 is 19.1 Å². The monoisotopic (exact) mass is 658 g/mol. The SMILES string of the molecule is CC1(C)CP(=O)(O[C@@H]2[C@@H](OCc3ccccc3)[C@H](OCc3ccccc3)[C@@H](COCc3ccccc3)O[C@H]2Sc2ccccc2)C1. The van der Waals surface area contributed by atoms with Gasteiger partial charge in [-0.3, -0.25) is 4.57 Å². The highest BCUT2D eigenvalue weighted by Gasteiger charge is 2.55. The number of ether oxygens (including phenoxy) is 4. The first kappa shape index (κ1) is 33.2. The van der Waals surface area contributed by atoms with Crippen LogP contribution in [0.4, 0.5) is 0 Å². The second-order valence-corrected chi connectivity index (χ2v) is 16.5. The third kappa shape index (κ3) is 8.99. The second kappa shape index (κ2) is 15.4. The summed E-state index contributed by atoms with van der Waals surface area (Å²) < 4.78 is 47.4. The van der Waals surface area contributed by atoms with E-state index in [-0.39, 0.29) is 5.41 Å². The smallest absolute Gasteiger partial charge is 0.204 e. The Morgan fingerprint density at radius 3 is 1.67 bits per heavy atom. The maximum Gasteiger partial charge on any atom is 0.204 e. The van der Waals surface area contributed by atoms with Crippen molar-refractivity contribution in [3.8, 4) is 0 Å². The Hall–Kier alpha value is -2.74. The largest absolute Gasteiger partial charge is 0.374 e. The van der Waals surface area contributed by atoms with Crippen LogP contribution in [-0.2, 0) is 47.9 Å². The molecule has 2 aliphatic rings. The Morgan fingerprint density at radius 1 is 0.674 bits per heavy atom. The van der Waals surface area contributed by atoms with Crippen LogP contribution in [0.3, 0.4) is 0 Å². The van der Waals surface area contributed by atoms with Crippen LogP contribution < -0.4 is 0 Å². The molecular formula is C38H43O6PS. The maximum absolute atomic E-state index is 14.1. The Balaban J connectivity index is 1.32. The lowest BCUT2D eigenvalue weighted by Crippen LogP contribution is -2.60. The van der Waals surface area contributed by atoms with Crippen LogP contribution in [0.25, 0.3) is 0 Å². The van der Waals surface area contributed by atoms with Crippen LogP contribution in [0.5, 0.6) is 0 Å². The summed E-state index contributed by atoms with van der Waals surface area (Å²) in [4.78, 5) is 1.03. The van der Waals surface area contributed by atoms with Gasteiger partial charge >= 0.3 is 0 Å². The molecule has 2 saturated heterocycles. The fourth-order valence-electron chi connectivity index (χ4n) is 6.20. The zero-order valence-corrected chi connectivity index (χ0v) is 28.2. The molecule has 6 nitrogen and oxygen atoms in total. The van der Waals surface area contributed by atoms with E-state index in [4.69, 9.17) is 23.5 Å². The minimum absolute atomic E-state index is 0.0233. The van der Waals surface area contributed by atoms with Crippen molar-refractivity contribution in [1.82, 2.24) is 0 Å². The molecule has 0 bridgehead atoms. The summed E-state index contributed by atoms with van der Waals surface area (Å²) in [6, 6.07) is 40.4. The summed E-state index contributed by atoms with van der Waals surface area (Å²) in [6.07, 6.45) is -1.15. The topological polar surface area (TPSA) is 63.2 Å². The first-order valence-electron chi connectivity index (χ1n) is 15.9. The lowest BCUT2D eigenvalue weighted by molar-refractivity contribution is -0.238. The van der Waals surface area contributed by atoms with E-state index in [1.807, 2.05) is 109 Å². The molecule has 4 aromatic rings. The summed E-state index contributed by atoms with van der Waals surface area (Å²) in [5, 5.41) is 0. The highest BCUT2D eigenvalue weighted by Crippen LogP contribution is 2.65. The third-order valence-corrected chi connectivity index (χ3v) is 12.7. The minimum Gasteiger partial charge on any atom is -0.374 e. The predicted octanol–water partition coefficient (Wildman–Crippen LogP) is 8.59. The number of hydrogen-bond donors (Lipinski definition) is 0. The summed E-state index contributed by atoms with van der Waals surface area (Å²) in [7, 11) is -2.90. The van der Waals surface area contributed by atoms with Crippen molar-refractivity contribution in [3.05, 3.63) is 138 Å². The van der Waals surface area contributed by atoms with E-state index in [0.29, 0.717) is 38.8 Å². The zero-order chi connectivity index (χ0) is 31.8. The molecule has 46 heavy (non-hydrogen) atoms. The number of thioether (sulfide) groups is 1. The van der Waals surface area contributed by atoms with Crippen molar-refractivity contribution in [3.63, 3.8) is 0 Å². The van der Waals surface area contributed by atoms with Gasteiger partial charge in [-0.15, -0.1) is 0 Å². The summed E-state index contributed by atoms with van der Waals surface area (Å²) in [5.41, 5.74) is 2.64. The number of hydrogen-bond acceptors (Lipinski definition) is 7. The third-order valence-electron chi connectivity index (χ3n) is 8.20. The second-order valence-electron chi connectivity index (χ2n) is 12.9. The standard InChI is InChI=1S/C38H43O6PS/c1-38(2)27-45(39,28-38)44-36-35(42-25-31-19-11-5-12-20-31)34(41-24-30-17-9-4-10-18-30)33(26-40-23-29-15-7-3-8-16-29)43-37(36)46-32-21-13-6-14-22-32/h3-22,33-37H,23-28H2,1-2H3/t33-,34-,35+,36-,37+/m1/s1. The van der Waals surface area contributed by atoms with Crippen LogP contribution in [0.15, 0.2) is 126 Å². The van der Waals surface area contributed by atoms with Crippen molar-refractivity contribution in [2.75, 3.05) is 18.9 Å². The van der Waals surface area contributed by atoms with Crippen molar-refractivity contribution in [2.45, 2.75) is 68.4 Å². The van der Waals surface area contributed by atoms with Gasteiger partial charge in [0.05, 0.1) is 26.4 Å². The van der Waals surface area contributed by atoms with Crippen molar-refractivity contribution in [2.24, 2.45) is 5.41 Å². The highest BCUT2D eigenvalue weighted by molar-refractivity contribution is 7.99. The van der Waals surface area contributed by atoms with E-state index in [2.05, 4.69) is 26.0 Å². The van der Waals surface area contributed by atoms with E-state index in [0.717, 1.165) is 21.6 Å². The van der Waals surface area contributed by atoms with Crippen LogP contribution in [0.2, 0.25) is 0 Å². The molecule has 2 aliphatic heterocycles.